The van der Waals surface area contributed by atoms with Crippen LogP contribution in [0.3, 0.4) is 0 Å². The monoisotopic (exact) mass is 312 g/mol. The lowest BCUT2D eigenvalue weighted by molar-refractivity contribution is 0.0941. The second-order valence-corrected chi connectivity index (χ2v) is 6.28. The van der Waals surface area contributed by atoms with E-state index in [0.717, 1.165) is 36.4 Å². The molecule has 0 bridgehead atoms. The van der Waals surface area contributed by atoms with E-state index in [-0.39, 0.29) is 11.9 Å². The molecule has 1 saturated carbocycles. The van der Waals surface area contributed by atoms with Crippen molar-refractivity contribution in [2.75, 3.05) is 4.90 Å². The Morgan fingerprint density at radius 3 is 2.61 bits per heavy atom. The average Bonchev–Trinajstić information content (AvgIpc) is 3.07. The van der Waals surface area contributed by atoms with Gasteiger partial charge in [-0.3, -0.25) is 9.69 Å². The van der Waals surface area contributed by atoms with Crippen LogP contribution < -0.4 is 4.90 Å². The normalized spacial score (nSPS) is 15.6. The van der Waals surface area contributed by atoms with Crippen molar-refractivity contribution in [1.29, 1.82) is 0 Å². The number of rotatable bonds is 4. The zero-order valence-corrected chi connectivity index (χ0v) is 13.9. The van der Waals surface area contributed by atoms with Gasteiger partial charge in [0.25, 0.3) is 5.91 Å². The van der Waals surface area contributed by atoms with E-state index in [9.17, 15) is 4.79 Å². The summed E-state index contributed by atoms with van der Waals surface area (Å²) in [5.41, 5.74) is 1.09. The fraction of sp³-hybridized carbons (Fsp3) is 0.474. The van der Waals surface area contributed by atoms with Gasteiger partial charge in [-0.1, -0.05) is 32.3 Å². The smallest absolute Gasteiger partial charge is 0.295 e. The van der Waals surface area contributed by atoms with Gasteiger partial charge in [0.1, 0.15) is 11.6 Å². The molecule has 4 nitrogen and oxygen atoms in total. The lowest BCUT2D eigenvalue weighted by Crippen LogP contribution is -2.42. The van der Waals surface area contributed by atoms with Gasteiger partial charge >= 0.3 is 0 Å². The topological polar surface area (TPSA) is 46.3 Å². The molecule has 0 saturated heterocycles. The number of amides is 1. The van der Waals surface area contributed by atoms with Gasteiger partial charge in [-0.15, -0.1) is 0 Å². The van der Waals surface area contributed by atoms with Crippen LogP contribution in [-0.2, 0) is 6.42 Å². The van der Waals surface area contributed by atoms with E-state index in [1.807, 2.05) is 43.1 Å². The molecule has 1 fully saturated rings. The molecular weight excluding hydrogens is 288 g/mol. The minimum absolute atomic E-state index is 0.0760. The maximum absolute atomic E-state index is 13.1. The SMILES string of the molecule is CCc1ccc(C(=O)N(c2ccc(C)cn2)C2CCCCC2)o1. The first-order valence-electron chi connectivity index (χ1n) is 8.54. The number of anilines is 1. The molecule has 0 unspecified atom stereocenters. The number of hydrogen-bond donors (Lipinski definition) is 0. The summed E-state index contributed by atoms with van der Waals surface area (Å²) < 4.78 is 5.69. The Labute approximate surface area is 137 Å². The molecular formula is C19H24N2O2. The summed E-state index contributed by atoms with van der Waals surface area (Å²) in [7, 11) is 0. The molecule has 1 aliphatic rings. The molecule has 23 heavy (non-hydrogen) atoms. The van der Waals surface area contributed by atoms with Crippen LogP contribution in [0.25, 0.3) is 0 Å². The van der Waals surface area contributed by atoms with Crippen molar-refractivity contribution in [1.82, 2.24) is 4.98 Å². The fourth-order valence-electron chi connectivity index (χ4n) is 3.20. The van der Waals surface area contributed by atoms with Gasteiger partial charge in [0, 0.05) is 18.7 Å². The van der Waals surface area contributed by atoms with Crippen molar-refractivity contribution in [2.45, 2.75) is 58.4 Å². The summed E-state index contributed by atoms with van der Waals surface area (Å²) in [4.78, 5) is 19.4. The quantitative estimate of drug-likeness (QED) is 0.833. The predicted molar refractivity (Wildman–Crippen MR) is 90.7 cm³/mol. The Morgan fingerprint density at radius 1 is 1.22 bits per heavy atom. The highest BCUT2D eigenvalue weighted by Gasteiger charge is 2.30. The van der Waals surface area contributed by atoms with E-state index in [1.165, 1.54) is 19.3 Å². The zero-order chi connectivity index (χ0) is 16.2. The molecule has 0 aliphatic heterocycles. The molecule has 0 spiro atoms. The maximum atomic E-state index is 13.1. The van der Waals surface area contributed by atoms with Crippen molar-refractivity contribution >= 4 is 11.7 Å². The highest BCUT2D eigenvalue weighted by Crippen LogP contribution is 2.28. The molecule has 2 aromatic rings. The van der Waals surface area contributed by atoms with Crippen LogP contribution in [0.2, 0.25) is 0 Å². The van der Waals surface area contributed by atoms with E-state index in [2.05, 4.69) is 4.98 Å². The minimum Gasteiger partial charge on any atom is -0.456 e. The van der Waals surface area contributed by atoms with E-state index in [1.54, 1.807) is 6.07 Å². The minimum atomic E-state index is -0.0760. The summed E-state index contributed by atoms with van der Waals surface area (Å²) >= 11 is 0. The van der Waals surface area contributed by atoms with Crippen LogP contribution in [0.5, 0.6) is 0 Å². The molecule has 2 heterocycles. The number of hydrogen-bond acceptors (Lipinski definition) is 3. The van der Waals surface area contributed by atoms with E-state index < -0.39 is 0 Å². The molecule has 0 atom stereocenters. The Hall–Kier alpha value is -2.10. The van der Waals surface area contributed by atoms with Crippen LogP contribution in [-0.4, -0.2) is 16.9 Å². The number of carbonyl (C=O) groups is 1. The van der Waals surface area contributed by atoms with Gasteiger partial charge in [-0.05, 0) is 43.5 Å². The van der Waals surface area contributed by atoms with Gasteiger partial charge in [-0.25, -0.2) is 4.98 Å². The highest BCUT2D eigenvalue weighted by atomic mass is 16.4. The fourth-order valence-corrected chi connectivity index (χ4v) is 3.20. The third-order valence-corrected chi connectivity index (χ3v) is 4.52. The number of pyridine rings is 1. The Morgan fingerprint density at radius 2 is 2.00 bits per heavy atom. The second kappa shape index (κ2) is 6.99. The van der Waals surface area contributed by atoms with Crippen LogP contribution in [0, 0.1) is 6.92 Å². The molecule has 2 aromatic heterocycles. The van der Waals surface area contributed by atoms with Gasteiger partial charge in [0.05, 0.1) is 0 Å². The van der Waals surface area contributed by atoms with E-state index >= 15 is 0 Å². The molecule has 4 heteroatoms. The van der Waals surface area contributed by atoms with Crippen LogP contribution >= 0.6 is 0 Å². The molecule has 122 valence electrons. The number of aryl methyl sites for hydroxylation is 2. The lowest BCUT2D eigenvalue weighted by Gasteiger charge is -2.33. The molecule has 1 amide bonds. The van der Waals surface area contributed by atoms with Crippen molar-refractivity contribution in [3.05, 3.63) is 47.5 Å². The van der Waals surface area contributed by atoms with Crippen molar-refractivity contribution < 1.29 is 9.21 Å². The molecule has 1 aliphatic carbocycles. The summed E-state index contributed by atoms with van der Waals surface area (Å²) in [5, 5.41) is 0. The summed E-state index contributed by atoms with van der Waals surface area (Å²) in [5.74, 6) is 1.90. The second-order valence-electron chi connectivity index (χ2n) is 6.28. The largest absolute Gasteiger partial charge is 0.456 e. The average molecular weight is 312 g/mol. The standard InChI is InChI=1S/C19H24N2O2/c1-3-16-10-11-17(23-16)19(22)21(15-7-5-4-6-8-15)18-12-9-14(2)13-20-18/h9-13,15H,3-8H2,1-2H3. The molecule has 3 rings (SSSR count). The summed E-state index contributed by atoms with van der Waals surface area (Å²) in [6.45, 7) is 4.02. The van der Waals surface area contributed by atoms with Gasteiger partial charge in [0.15, 0.2) is 5.76 Å². The number of carbonyl (C=O) groups excluding carboxylic acids is 1. The van der Waals surface area contributed by atoms with Crippen LogP contribution in [0.4, 0.5) is 5.82 Å². The number of furan rings is 1. The maximum Gasteiger partial charge on any atom is 0.295 e. The first-order chi connectivity index (χ1) is 11.2. The first-order valence-corrected chi connectivity index (χ1v) is 8.54. The zero-order valence-electron chi connectivity index (χ0n) is 13.9. The van der Waals surface area contributed by atoms with Crippen molar-refractivity contribution in [2.24, 2.45) is 0 Å². The van der Waals surface area contributed by atoms with Gasteiger partial charge in [0.2, 0.25) is 0 Å². The summed E-state index contributed by atoms with van der Waals surface area (Å²) in [6, 6.07) is 7.82. The highest BCUT2D eigenvalue weighted by molar-refractivity contribution is 6.04. The third-order valence-electron chi connectivity index (χ3n) is 4.52. The molecule has 0 aromatic carbocycles. The van der Waals surface area contributed by atoms with Crippen LogP contribution in [0.15, 0.2) is 34.9 Å². The lowest BCUT2D eigenvalue weighted by atomic mass is 9.94. The van der Waals surface area contributed by atoms with E-state index in [4.69, 9.17) is 4.42 Å². The number of aromatic nitrogens is 1. The Kier molecular flexibility index (Phi) is 4.79. The molecule has 0 N–H and O–H groups in total. The first kappa shape index (κ1) is 15.8. The van der Waals surface area contributed by atoms with Crippen molar-refractivity contribution in [3.8, 4) is 0 Å². The third kappa shape index (κ3) is 3.46. The molecule has 0 radical (unpaired) electrons. The Bertz CT molecular complexity index is 654. The Balaban J connectivity index is 1.93. The van der Waals surface area contributed by atoms with Crippen molar-refractivity contribution in [3.63, 3.8) is 0 Å². The van der Waals surface area contributed by atoms with Crippen LogP contribution in [0.1, 0.15) is 60.9 Å². The van der Waals surface area contributed by atoms with Gasteiger partial charge in [-0.2, -0.15) is 0 Å². The van der Waals surface area contributed by atoms with Gasteiger partial charge < -0.3 is 4.42 Å². The van der Waals surface area contributed by atoms with E-state index in [0.29, 0.717) is 5.76 Å². The number of nitrogens with zero attached hydrogens (tertiary/aromatic N) is 2. The predicted octanol–water partition coefficient (Wildman–Crippen LogP) is 4.52. The summed E-state index contributed by atoms with van der Waals surface area (Å²) in [6.07, 6.45) is 8.25.